The van der Waals surface area contributed by atoms with Crippen LogP contribution in [-0.2, 0) is 9.53 Å². The van der Waals surface area contributed by atoms with Gasteiger partial charge in [0.2, 0.25) is 0 Å². The first-order valence-corrected chi connectivity index (χ1v) is 7.23. The summed E-state index contributed by atoms with van der Waals surface area (Å²) in [5.74, 6) is -0.766. The fourth-order valence-corrected chi connectivity index (χ4v) is 2.58. The summed E-state index contributed by atoms with van der Waals surface area (Å²) in [7, 11) is 0. The largest absolute Gasteiger partial charge is 0.480 e. The number of hydrogen-bond acceptors (Lipinski definition) is 4. The normalized spacial score (nSPS) is 28.0. The van der Waals surface area contributed by atoms with Gasteiger partial charge in [-0.3, -0.25) is 9.69 Å². The number of aliphatic carboxylic acids is 1. The zero-order chi connectivity index (χ0) is 14.5. The van der Waals surface area contributed by atoms with Crippen molar-refractivity contribution >= 4 is 5.97 Å². The van der Waals surface area contributed by atoms with Gasteiger partial charge < -0.3 is 15.2 Å². The monoisotopic (exact) mass is 272 g/mol. The Labute approximate surface area is 116 Å². The Morgan fingerprint density at radius 1 is 1.53 bits per heavy atom. The first-order valence-electron chi connectivity index (χ1n) is 7.23. The van der Waals surface area contributed by atoms with Gasteiger partial charge >= 0.3 is 5.97 Å². The molecule has 1 fully saturated rings. The molecule has 5 nitrogen and oxygen atoms in total. The predicted molar refractivity (Wildman–Crippen MR) is 75.4 cm³/mol. The van der Waals surface area contributed by atoms with E-state index in [1.54, 1.807) is 6.92 Å². The number of ether oxygens (including phenoxy) is 1. The molecule has 0 aromatic carbocycles. The number of morpholine rings is 1. The third-order valence-corrected chi connectivity index (χ3v) is 3.90. The zero-order valence-corrected chi connectivity index (χ0v) is 12.6. The first kappa shape index (κ1) is 16.4. The Morgan fingerprint density at radius 3 is 2.79 bits per heavy atom. The molecule has 1 rings (SSSR count). The smallest absolute Gasteiger partial charge is 0.323 e. The lowest BCUT2D eigenvalue weighted by Gasteiger charge is -2.37. The average molecular weight is 272 g/mol. The third-order valence-electron chi connectivity index (χ3n) is 3.90. The van der Waals surface area contributed by atoms with Gasteiger partial charge in [0.1, 0.15) is 5.54 Å². The van der Waals surface area contributed by atoms with Gasteiger partial charge in [0.15, 0.2) is 0 Å². The van der Waals surface area contributed by atoms with Crippen LogP contribution in [0.2, 0.25) is 0 Å². The van der Waals surface area contributed by atoms with Crippen LogP contribution in [0.4, 0.5) is 0 Å². The van der Waals surface area contributed by atoms with E-state index in [0.29, 0.717) is 19.0 Å². The number of likely N-dealkylation sites (N-methyl/N-ethyl adjacent to an activating group) is 1. The number of rotatable bonds is 7. The molecular formula is C14H28N2O3. The molecule has 2 N–H and O–H groups in total. The lowest BCUT2D eigenvalue weighted by atomic mass is 9.95. The summed E-state index contributed by atoms with van der Waals surface area (Å²) in [4.78, 5) is 13.7. The molecule has 0 aromatic heterocycles. The zero-order valence-electron chi connectivity index (χ0n) is 12.6. The van der Waals surface area contributed by atoms with Crippen LogP contribution in [0, 0.1) is 0 Å². The number of nitrogens with one attached hydrogen (secondary N) is 1. The van der Waals surface area contributed by atoms with Crippen LogP contribution in [-0.4, -0.2) is 59.9 Å². The van der Waals surface area contributed by atoms with Crippen molar-refractivity contribution in [3.63, 3.8) is 0 Å². The summed E-state index contributed by atoms with van der Waals surface area (Å²) >= 11 is 0. The average Bonchev–Trinajstić information content (AvgIpc) is 2.33. The molecule has 1 saturated heterocycles. The minimum atomic E-state index is -0.810. The van der Waals surface area contributed by atoms with E-state index < -0.39 is 11.5 Å². The summed E-state index contributed by atoms with van der Waals surface area (Å²) < 4.78 is 5.60. The molecule has 0 spiro atoms. The van der Waals surface area contributed by atoms with Crippen LogP contribution < -0.4 is 5.32 Å². The summed E-state index contributed by atoms with van der Waals surface area (Å²) in [6.07, 6.45) is 1.80. The maximum absolute atomic E-state index is 11.3. The molecule has 0 saturated carbocycles. The van der Waals surface area contributed by atoms with Crippen molar-refractivity contribution in [3.05, 3.63) is 0 Å². The molecule has 3 unspecified atom stereocenters. The van der Waals surface area contributed by atoms with Gasteiger partial charge in [0.25, 0.3) is 0 Å². The first-order chi connectivity index (χ1) is 8.89. The van der Waals surface area contributed by atoms with Crippen molar-refractivity contribution in [2.45, 2.75) is 58.2 Å². The van der Waals surface area contributed by atoms with Crippen LogP contribution in [0.5, 0.6) is 0 Å². The molecular weight excluding hydrogens is 244 g/mol. The van der Waals surface area contributed by atoms with Crippen molar-refractivity contribution in [3.8, 4) is 0 Å². The molecule has 5 heteroatoms. The maximum atomic E-state index is 11.3. The van der Waals surface area contributed by atoms with Crippen LogP contribution in [0.1, 0.15) is 40.5 Å². The molecule has 0 aromatic rings. The van der Waals surface area contributed by atoms with Crippen molar-refractivity contribution in [2.75, 3.05) is 26.2 Å². The highest BCUT2D eigenvalue weighted by Gasteiger charge is 2.32. The van der Waals surface area contributed by atoms with E-state index in [1.165, 1.54) is 0 Å². The second-order valence-electron chi connectivity index (χ2n) is 5.76. The molecule has 0 amide bonds. The summed E-state index contributed by atoms with van der Waals surface area (Å²) in [6.45, 7) is 11.3. The Balaban J connectivity index is 2.41. The molecule has 1 aliphatic rings. The highest BCUT2D eigenvalue weighted by molar-refractivity contribution is 5.78. The number of carboxylic acid groups (broad SMARTS) is 1. The second-order valence-corrected chi connectivity index (χ2v) is 5.76. The quantitative estimate of drug-likeness (QED) is 0.732. The standard InChI is InChI=1S/C14H28N2O3/c1-5-15-14(4,13(17)18)7-6-8-16-9-12(3)19-10-11(16)2/h11-12,15H,5-10H2,1-4H3,(H,17,18). The lowest BCUT2D eigenvalue weighted by molar-refractivity contribution is -0.144. The van der Waals surface area contributed by atoms with E-state index in [9.17, 15) is 9.90 Å². The van der Waals surface area contributed by atoms with Crippen molar-refractivity contribution in [1.29, 1.82) is 0 Å². The van der Waals surface area contributed by atoms with E-state index in [4.69, 9.17) is 4.74 Å². The van der Waals surface area contributed by atoms with E-state index in [0.717, 1.165) is 26.1 Å². The van der Waals surface area contributed by atoms with Gasteiger partial charge in [0, 0.05) is 12.6 Å². The van der Waals surface area contributed by atoms with E-state index in [2.05, 4.69) is 24.1 Å². The van der Waals surface area contributed by atoms with Gasteiger partial charge in [0.05, 0.1) is 12.7 Å². The van der Waals surface area contributed by atoms with Crippen molar-refractivity contribution < 1.29 is 14.6 Å². The number of carboxylic acids is 1. The number of carbonyl (C=O) groups is 1. The van der Waals surface area contributed by atoms with E-state index in [1.807, 2.05) is 6.92 Å². The Bertz CT molecular complexity index is 298. The SMILES string of the molecule is CCNC(C)(CCCN1CC(C)OCC1C)C(=O)O. The summed E-state index contributed by atoms with van der Waals surface area (Å²) in [5.41, 5.74) is -0.810. The molecule has 0 bridgehead atoms. The van der Waals surface area contributed by atoms with Crippen LogP contribution >= 0.6 is 0 Å². The molecule has 1 heterocycles. The lowest BCUT2D eigenvalue weighted by Crippen LogP contribution is -2.51. The van der Waals surface area contributed by atoms with Gasteiger partial charge in [-0.1, -0.05) is 6.92 Å². The predicted octanol–water partition coefficient (Wildman–Crippen LogP) is 1.33. The molecule has 3 atom stereocenters. The van der Waals surface area contributed by atoms with Gasteiger partial charge in [-0.15, -0.1) is 0 Å². The van der Waals surface area contributed by atoms with Crippen molar-refractivity contribution in [2.24, 2.45) is 0 Å². The fraction of sp³-hybridized carbons (Fsp3) is 0.929. The number of hydrogen-bond donors (Lipinski definition) is 2. The van der Waals surface area contributed by atoms with Gasteiger partial charge in [-0.2, -0.15) is 0 Å². The van der Waals surface area contributed by atoms with Gasteiger partial charge in [-0.25, -0.2) is 0 Å². The molecule has 0 radical (unpaired) electrons. The highest BCUT2D eigenvalue weighted by atomic mass is 16.5. The number of nitrogens with zero attached hydrogens (tertiary/aromatic N) is 1. The second kappa shape index (κ2) is 7.22. The third kappa shape index (κ3) is 4.75. The minimum Gasteiger partial charge on any atom is -0.480 e. The Kier molecular flexibility index (Phi) is 6.23. The molecule has 0 aliphatic carbocycles. The van der Waals surface area contributed by atoms with Gasteiger partial charge in [-0.05, 0) is 46.7 Å². The van der Waals surface area contributed by atoms with E-state index >= 15 is 0 Å². The topological polar surface area (TPSA) is 61.8 Å². The maximum Gasteiger partial charge on any atom is 0.323 e. The Morgan fingerprint density at radius 2 is 2.21 bits per heavy atom. The van der Waals surface area contributed by atoms with Crippen molar-refractivity contribution in [1.82, 2.24) is 10.2 Å². The summed E-state index contributed by atoms with van der Waals surface area (Å²) in [5, 5.41) is 12.4. The molecule has 1 aliphatic heterocycles. The van der Waals surface area contributed by atoms with Crippen LogP contribution in [0.25, 0.3) is 0 Å². The summed E-state index contributed by atoms with van der Waals surface area (Å²) in [6, 6.07) is 0.423. The minimum absolute atomic E-state index is 0.274. The molecule has 19 heavy (non-hydrogen) atoms. The van der Waals surface area contributed by atoms with E-state index in [-0.39, 0.29) is 6.10 Å². The van der Waals surface area contributed by atoms with Crippen LogP contribution in [0.15, 0.2) is 0 Å². The molecule has 112 valence electrons. The van der Waals surface area contributed by atoms with Crippen LogP contribution in [0.3, 0.4) is 0 Å². The fourth-order valence-electron chi connectivity index (χ4n) is 2.58. The highest BCUT2D eigenvalue weighted by Crippen LogP contribution is 2.16. The Hall–Kier alpha value is -0.650.